The second-order valence-electron chi connectivity index (χ2n) is 11.8. The average Bonchev–Trinajstić information content (AvgIpc) is 3.67. The van der Waals surface area contributed by atoms with E-state index in [1.807, 2.05) is 44.2 Å². The third kappa shape index (κ3) is 7.61. The summed E-state index contributed by atoms with van der Waals surface area (Å²) in [5.74, 6) is -0.712. The SMILES string of the molecule is CC(=O)c1cccc(N2C[C@@H](C(=O)N[C@@H](Cc3ccccc3)[C@H](O)CN(CC(C)C)S(=O)(=O)c3ccc4ncsc4c3)NC2=O)c1. The average molecular weight is 664 g/mol. The van der Waals surface area contributed by atoms with E-state index in [0.717, 1.165) is 10.3 Å². The lowest BCUT2D eigenvalue weighted by atomic mass is 10.0. The third-order valence-electron chi connectivity index (χ3n) is 7.78. The Morgan fingerprint density at radius 1 is 1.09 bits per heavy atom. The Morgan fingerprint density at radius 2 is 1.85 bits per heavy atom. The monoisotopic (exact) mass is 663 g/mol. The first-order chi connectivity index (χ1) is 21.9. The van der Waals surface area contributed by atoms with Crippen LogP contribution in [0.1, 0.15) is 36.7 Å². The van der Waals surface area contributed by atoms with E-state index in [1.54, 1.807) is 41.9 Å². The summed E-state index contributed by atoms with van der Waals surface area (Å²) < 4.78 is 29.8. The van der Waals surface area contributed by atoms with Crippen LogP contribution in [0.5, 0.6) is 0 Å². The zero-order valence-electron chi connectivity index (χ0n) is 25.8. The van der Waals surface area contributed by atoms with E-state index < -0.39 is 40.1 Å². The van der Waals surface area contributed by atoms with Gasteiger partial charge in [0.25, 0.3) is 0 Å². The number of ketones is 1. The number of sulfonamides is 1. The number of benzene rings is 3. The Labute approximate surface area is 272 Å². The number of nitrogens with one attached hydrogen (secondary N) is 2. The number of Topliss-reactive ketones (excluding diaryl/α,β-unsaturated/α-hetero) is 1. The molecule has 3 N–H and O–H groups in total. The second kappa shape index (κ2) is 14.1. The minimum absolute atomic E-state index is 0.00802. The van der Waals surface area contributed by atoms with Crippen LogP contribution < -0.4 is 15.5 Å². The lowest BCUT2D eigenvalue weighted by molar-refractivity contribution is -0.124. The number of aliphatic hydroxyl groups is 1. The van der Waals surface area contributed by atoms with Crippen molar-refractivity contribution in [3.8, 4) is 0 Å². The highest BCUT2D eigenvalue weighted by Crippen LogP contribution is 2.26. The number of carbonyl (C=O) groups is 3. The fraction of sp³-hybridized carbons (Fsp3) is 0.333. The largest absolute Gasteiger partial charge is 0.390 e. The van der Waals surface area contributed by atoms with Crippen LogP contribution in [0.15, 0.2) is 83.2 Å². The molecule has 4 aromatic rings. The third-order valence-corrected chi connectivity index (χ3v) is 10.4. The molecule has 1 aromatic heterocycles. The lowest BCUT2D eigenvalue weighted by Gasteiger charge is -2.31. The Balaban J connectivity index is 1.36. The molecule has 3 amide bonds. The van der Waals surface area contributed by atoms with Crippen LogP contribution in [0, 0.1) is 5.92 Å². The van der Waals surface area contributed by atoms with Crippen LogP contribution in [-0.4, -0.2) is 78.4 Å². The molecule has 242 valence electrons. The van der Waals surface area contributed by atoms with Gasteiger partial charge in [-0.15, -0.1) is 11.3 Å². The normalized spacial score (nSPS) is 16.5. The highest BCUT2D eigenvalue weighted by atomic mass is 32.2. The fourth-order valence-electron chi connectivity index (χ4n) is 5.40. The van der Waals surface area contributed by atoms with Crippen molar-refractivity contribution in [2.24, 2.45) is 5.92 Å². The number of aliphatic hydroxyl groups excluding tert-OH is 1. The Hall–Kier alpha value is -4.17. The number of anilines is 1. The van der Waals surface area contributed by atoms with Crippen LogP contribution in [0.25, 0.3) is 10.2 Å². The predicted molar refractivity (Wildman–Crippen MR) is 177 cm³/mol. The molecule has 1 aliphatic rings. The lowest BCUT2D eigenvalue weighted by Crippen LogP contribution is -2.54. The number of carbonyl (C=O) groups excluding carboxylic acids is 3. The molecule has 46 heavy (non-hydrogen) atoms. The van der Waals surface area contributed by atoms with Crippen molar-refractivity contribution in [1.29, 1.82) is 0 Å². The van der Waals surface area contributed by atoms with Crippen molar-refractivity contribution < 1.29 is 27.9 Å². The van der Waals surface area contributed by atoms with Crippen LogP contribution in [0.3, 0.4) is 0 Å². The van der Waals surface area contributed by atoms with Crippen LogP contribution in [0.2, 0.25) is 0 Å². The first kappa shape index (κ1) is 33.2. The number of fused-ring (bicyclic) bond motifs is 1. The summed E-state index contributed by atoms with van der Waals surface area (Å²) in [5, 5.41) is 17.2. The van der Waals surface area contributed by atoms with Gasteiger partial charge in [0.15, 0.2) is 5.78 Å². The van der Waals surface area contributed by atoms with E-state index in [1.165, 1.54) is 33.5 Å². The van der Waals surface area contributed by atoms with Gasteiger partial charge in [-0.1, -0.05) is 56.3 Å². The van der Waals surface area contributed by atoms with Gasteiger partial charge in [0, 0.05) is 24.3 Å². The van der Waals surface area contributed by atoms with Crippen molar-refractivity contribution in [2.45, 2.75) is 50.3 Å². The van der Waals surface area contributed by atoms with E-state index >= 15 is 0 Å². The molecule has 0 bridgehead atoms. The minimum atomic E-state index is -4.01. The van der Waals surface area contributed by atoms with Gasteiger partial charge in [-0.05, 0) is 55.2 Å². The van der Waals surface area contributed by atoms with Gasteiger partial charge in [0.2, 0.25) is 15.9 Å². The molecule has 5 rings (SSSR count). The highest BCUT2D eigenvalue weighted by Gasteiger charge is 2.37. The summed E-state index contributed by atoms with van der Waals surface area (Å²) in [6, 6.07) is 18.3. The topological polar surface area (TPSA) is 149 Å². The number of aromatic nitrogens is 1. The maximum absolute atomic E-state index is 13.9. The van der Waals surface area contributed by atoms with Crippen molar-refractivity contribution in [1.82, 2.24) is 19.9 Å². The molecule has 0 spiro atoms. The van der Waals surface area contributed by atoms with E-state index in [9.17, 15) is 27.9 Å². The van der Waals surface area contributed by atoms with Crippen molar-refractivity contribution in [2.75, 3.05) is 24.5 Å². The highest BCUT2D eigenvalue weighted by molar-refractivity contribution is 7.89. The maximum atomic E-state index is 13.9. The minimum Gasteiger partial charge on any atom is -0.390 e. The molecule has 0 unspecified atom stereocenters. The number of amides is 3. The standard InChI is InChI=1S/C33H37N5O6S2/c1-21(2)17-37(46(43,44)26-12-13-27-31(16-26)45-20-34-27)19-30(40)28(14-23-8-5-4-6-9-23)35-32(41)29-18-38(33(42)36-29)25-11-7-10-24(15-25)22(3)39/h4-13,15-16,20-21,28-30,40H,14,17-19H2,1-3H3,(H,35,41)(H,36,42)/t28-,29-,30+/m0/s1. The number of thiazole rings is 1. The molecular formula is C33H37N5O6S2. The molecule has 1 fully saturated rings. The van der Waals surface area contributed by atoms with Crippen LogP contribution in [-0.2, 0) is 21.2 Å². The van der Waals surface area contributed by atoms with Crippen molar-refractivity contribution in [3.05, 3.63) is 89.4 Å². The summed E-state index contributed by atoms with van der Waals surface area (Å²) in [5.41, 5.74) is 4.11. The van der Waals surface area contributed by atoms with Gasteiger partial charge in [-0.2, -0.15) is 4.31 Å². The van der Waals surface area contributed by atoms with E-state index in [0.29, 0.717) is 16.8 Å². The van der Waals surface area contributed by atoms with Gasteiger partial charge in [0.05, 0.1) is 39.3 Å². The van der Waals surface area contributed by atoms with Gasteiger partial charge >= 0.3 is 6.03 Å². The smallest absolute Gasteiger partial charge is 0.322 e. The number of hydrogen-bond donors (Lipinski definition) is 3. The molecule has 0 aliphatic carbocycles. The van der Waals surface area contributed by atoms with Gasteiger partial charge in [0.1, 0.15) is 6.04 Å². The summed E-state index contributed by atoms with van der Waals surface area (Å²) in [6.07, 6.45) is -1.06. The van der Waals surface area contributed by atoms with Crippen molar-refractivity contribution >= 4 is 55.0 Å². The number of hydrogen-bond acceptors (Lipinski definition) is 8. The molecule has 0 radical (unpaired) electrons. The number of nitrogens with zero attached hydrogens (tertiary/aromatic N) is 3. The summed E-state index contributed by atoms with van der Waals surface area (Å²) in [4.78, 5) is 44.0. The quantitative estimate of drug-likeness (QED) is 0.184. The molecule has 0 saturated carbocycles. The van der Waals surface area contributed by atoms with Gasteiger partial charge in [-0.25, -0.2) is 18.2 Å². The van der Waals surface area contributed by atoms with Crippen molar-refractivity contribution in [3.63, 3.8) is 0 Å². The molecule has 1 saturated heterocycles. The Morgan fingerprint density at radius 3 is 2.57 bits per heavy atom. The molecule has 3 aromatic carbocycles. The van der Waals surface area contributed by atoms with E-state index in [2.05, 4.69) is 15.6 Å². The predicted octanol–water partition coefficient (Wildman–Crippen LogP) is 3.83. The summed E-state index contributed by atoms with van der Waals surface area (Å²) in [7, 11) is -4.01. The number of urea groups is 1. The molecule has 2 heterocycles. The van der Waals surface area contributed by atoms with Crippen LogP contribution >= 0.6 is 11.3 Å². The van der Waals surface area contributed by atoms with Crippen LogP contribution in [0.4, 0.5) is 10.5 Å². The van der Waals surface area contributed by atoms with Gasteiger partial charge in [-0.3, -0.25) is 14.5 Å². The molecule has 3 atom stereocenters. The van der Waals surface area contributed by atoms with Gasteiger partial charge < -0.3 is 15.7 Å². The first-order valence-corrected chi connectivity index (χ1v) is 17.3. The zero-order chi connectivity index (χ0) is 33.0. The molecule has 11 nitrogen and oxygen atoms in total. The molecule has 13 heteroatoms. The summed E-state index contributed by atoms with van der Waals surface area (Å²) >= 11 is 1.34. The first-order valence-electron chi connectivity index (χ1n) is 15.0. The molecule has 1 aliphatic heterocycles. The summed E-state index contributed by atoms with van der Waals surface area (Å²) in [6.45, 7) is 5.12. The maximum Gasteiger partial charge on any atom is 0.322 e. The molecular weight excluding hydrogens is 627 g/mol. The zero-order valence-corrected chi connectivity index (χ0v) is 27.4. The van der Waals surface area contributed by atoms with E-state index in [4.69, 9.17) is 0 Å². The Kier molecular flexibility index (Phi) is 10.2. The Bertz CT molecular complexity index is 1830. The van der Waals surface area contributed by atoms with E-state index in [-0.39, 0.29) is 42.7 Å². The number of rotatable bonds is 13. The fourth-order valence-corrected chi connectivity index (χ4v) is 7.83. The second-order valence-corrected chi connectivity index (χ2v) is 14.6.